The third-order valence-corrected chi connectivity index (χ3v) is 8.36. The predicted molar refractivity (Wildman–Crippen MR) is 111 cm³/mol. The molecule has 0 radical (unpaired) electrons. The van der Waals surface area contributed by atoms with Crippen molar-refractivity contribution in [2.45, 2.75) is 51.9 Å². The molecule has 0 fully saturated rings. The molecule has 0 unspecified atom stereocenters. The Morgan fingerprint density at radius 2 is 1.25 bits per heavy atom. The topological polar surface area (TPSA) is 4.93 Å². The lowest BCUT2D eigenvalue weighted by atomic mass is 10.2. The Labute approximate surface area is 147 Å². The van der Waals surface area contributed by atoms with Crippen molar-refractivity contribution in [1.82, 2.24) is 4.57 Å². The normalized spacial score (nSPS) is 13.0. The maximum atomic E-state index is 2.50. The molecule has 0 aliphatic carbocycles. The van der Waals surface area contributed by atoms with Gasteiger partial charge in [-0.3, -0.25) is 4.57 Å². The fraction of sp³-hybridized carbons (Fsp3) is 0.364. The molecule has 0 aliphatic rings. The van der Waals surface area contributed by atoms with Crippen molar-refractivity contribution in [3.63, 3.8) is 0 Å². The Bertz CT molecular complexity index is 818. The summed E-state index contributed by atoms with van der Waals surface area (Å²) < 4.78 is 2.50. The van der Waals surface area contributed by atoms with E-state index in [1.165, 1.54) is 22.0 Å². The molecule has 3 aromatic rings. The van der Waals surface area contributed by atoms with E-state index in [0.717, 1.165) is 0 Å². The molecule has 1 nitrogen and oxygen atoms in total. The van der Waals surface area contributed by atoms with E-state index in [-0.39, 0.29) is 10.3 Å². The quantitative estimate of drug-likeness (QED) is 0.500. The van der Waals surface area contributed by atoms with Gasteiger partial charge in [0.2, 0.25) is 0 Å². The fourth-order valence-corrected chi connectivity index (χ4v) is 8.65. The first-order valence-corrected chi connectivity index (χ1v) is 10.2. The van der Waals surface area contributed by atoms with Crippen LogP contribution in [-0.4, -0.2) is 14.9 Å². The second-order valence-corrected chi connectivity index (χ2v) is 12.9. The molecule has 0 atom stereocenters. The number of para-hydroxylation sites is 2. The average molecular weight is 338 g/mol. The summed E-state index contributed by atoms with van der Waals surface area (Å²) in [5.41, 5.74) is 4.09. The van der Waals surface area contributed by atoms with Crippen LogP contribution in [-0.2, 0) is 0 Å². The summed E-state index contributed by atoms with van der Waals surface area (Å²) in [5, 5.41) is 1.90. The van der Waals surface area contributed by atoms with Gasteiger partial charge < -0.3 is 0 Å². The monoisotopic (exact) mass is 338 g/mol. The van der Waals surface area contributed by atoms with Gasteiger partial charge in [0, 0.05) is 17.1 Å². The van der Waals surface area contributed by atoms with E-state index in [1.54, 1.807) is 0 Å². The molecular formula is C22H29NP+. The molecule has 0 spiro atoms. The number of rotatable bonds is 2. The number of aromatic nitrogens is 1. The number of hydrogen-bond acceptors (Lipinski definition) is 0. The van der Waals surface area contributed by atoms with Gasteiger partial charge in [-0.15, -0.1) is 0 Å². The summed E-state index contributed by atoms with van der Waals surface area (Å²) in [4.78, 5) is 0. The van der Waals surface area contributed by atoms with Crippen molar-refractivity contribution in [3.05, 3.63) is 60.7 Å². The number of hydrogen-bond donors (Lipinski definition) is 0. The maximum absolute atomic E-state index is 2.50. The molecule has 1 aromatic heterocycles. The van der Waals surface area contributed by atoms with E-state index < -0.39 is 7.92 Å². The van der Waals surface area contributed by atoms with Crippen molar-refractivity contribution >= 4 is 24.3 Å². The molecule has 0 aliphatic heterocycles. The third-order valence-electron chi connectivity index (χ3n) is 4.48. The molecule has 3 rings (SSSR count). The minimum Gasteiger partial charge on any atom is -0.281 e. The van der Waals surface area contributed by atoms with Crippen LogP contribution in [0.1, 0.15) is 41.5 Å². The van der Waals surface area contributed by atoms with Gasteiger partial charge in [0.25, 0.3) is 0 Å². The lowest BCUT2D eigenvalue weighted by Gasteiger charge is -2.34. The van der Waals surface area contributed by atoms with Crippen LogP contribution in [0.25, 0.3) is 16.6 Å². The Kier molecular flexibility index (Phi) is 4.34. The summed E-state index contributed by atoms with van der Waals surface area (Å²) in [6, 6.07) is 22.0. The van der Waals surface area contributed by atoms with Gasteiger partial charge in [-0.25, -0.2) is 0 Å². The summed E-state index contributed by atoms with van der Waals surface area (Å²) >= 11 is 0. The van der Waals surface area contributed by atoms with Crippen LogP contribution < -0.4 is 5.44 Å². The molecule has 24 heavy (non-hydrogen) atoms. The zero-order chi connectivity index (χ0) is 17.5. The Hall–Kier alpha value is -1.59. The van der Waals surface area contributed by atoms with Gasteiger partial charge in [0.05, 0.1) is 23.8 Å². The third kappa shape index (κ3) is 3.15. The number of fused-ring (bicyclic) bond motifs is 1. The molecule has 0 bridgehead atoms. The van der Waals surface area contributed by atoms with E-state index in [0.29, 0.717) is 0 Å². The minimum atomic E-state index is -0.828. The van der Waals surface area contributed by atoms with Crippen LogP contribution >= 0.6 is 7.92 Å². The molecule has 0 saturated carbocycles. The summed E-state index contributed by atoms with van der Waals surface area (Å²) in [5.74, 6) is 0. The van der Waals surface area contributed by atoms with E-state index in [9.17, 15) is 0 Å². The molecule has 126 valence electrons. The second-order valence-electron chi connectivity index (χ2n) is 8.63. The van der Waals surface area contributed by atoms with E-state index >= 15 is 0 Å². The predicted octanol–water partition coefficient (Wildman–Crippen LogP) is 6.07. The number of benzene rings is 2. The average Bonchev–Trinajstić information content (AvgIpc) is 2.83. The zero-order valence-corrected chi connectivity index (χ0v) is 16.7. The molecule has 1 heterocycles. The Morgan fingerprint density at radius 3 is 1.83 bits per heavy atom. The van der Waals surface area contributed by atoms with Crippen molar-refractivity contribution < 1.29 is 0 Å². The summed E-state index contributed by atoms with van der Waals surface area (Å²) in [6.07, 6.45) is 0. The van der Waals surface area contributed by atoms with Crippen molar-refractivity contribution in [3.8, 4) is 5.69 Å². The first-order valence-electron chi connectivity index (χ1n) is 8.74. The molecule has 2 heteroatoms. The van der Waals surface area contributed by atoms with Crippen LogP contribution in [0, 0.1) is 0 Å². The van der Waals surface area contributed by atoms with Crippen LogP contribution in [0.2, 0.25) is 0 Å². The van der Waals surface area contributed by atoms with Crippen LogP contribution in [0.5, 0.6) is 0 Å². The van der Waals surface area contributed by atoms with E-state index in [2.05, 4.69) is 107 Å². The maximum Gasteiger partial charge on any atom is 0.167 e. The van der Waals surface area contributed by atoms with Crippen LogP contribution in [0.3, 0.4) is 0 Å². The van der Waals surface area contributed by atoms with Crippen molar-refractivity contribution in [2.24, 2.45) is 0 Å². The van der Waals surface area contributed by atoms with E-state index in [1.807, 2.05) is 0 Å². The van der Waals surface area contributed by atoms with Gasteiger partial charge in [-0.05, 0) is 59.7 Å². The molecule has 0 saturated heterocycles. The van der Waals surface area contributed by atoms with Crippen LogP contribution in [0.4, 0.5) is 0 Å². The summed E-state index contributed by atoms with van der Waals surface area (Å²) in [7, 11) is -0.828. The number of nitrogens with zero attached hydrogens (tertiary/aromatic N) is 1. The molecule has 0 N–H and O–H groups in total. The fourth-order valence-electron chi connectivity index (χ4n) is 4.09. The highest BCUT2D eigenvalue weighted by Crippen LogP contribution is 2.58. The molecule has 2 aromatic carbocycles. The Balaban J connectivity index is 2.35. The van der Waals surface area contributed by atoms with Crippen molar-refractivity contribution in [2.75, 3.05) is 0 Å². The molecule has 0 amide bonds. The van der Waals surface area contributed by atoms with Crippen molar-refractivity contribution in [1.29, 1.82) is 0 Å². The first-order chi connectivity index (χ1) is 11.2. The molecular weight excluding hydrogens is 309 g/mol. The standard InChI is InChI=1S/C22H28NP/c1-21(2,3)24(22(4,5)6)20-16-17-12-10-11-15-19(17)23(20)18-13-8-7-9-14-18/h7-16H,1-6H3/p+1. The smallest absolute Gasteiger partial charge is 0.167 e. The lowest BCUT2D eigenvalue weighted by Crippen LogP contribution is -2.33. The van der Waals surface area contributed by atoms with Crippen LogP contribution in [0.15, 0.2) is 60.7 Å². The minimum absolute atomic E-state index is 0.282. The first kappa shape index (κ1) is 17.2. The SMILES string of the molecule is CC(C)(C)[PH+](c1cc2ccccc2n1-c1ccccc1)C(C)(C)C. The summed E-state index contributed by atoms with van der Waals surface area (Å²) in [6.45, 7) is 14.4. The van der Waals surface area contributed by atoms with Gasteiger partial charge in [-0.2, -0.15) is 0 Å². The second kappa shape index (κ2) is 6.05. The van der Waals surface area contributed by atoms with Gasteiger partial charge in [-0.1, -0.05) is 36.4 Å². The van der Waals surface area contributed by atoms with E-state index in [4.69, 9.17) is 0 Å². The Morgan fingerprint density at radius 1 is 0.708 bits per heavy atom. The van der Waals surface area contributed by atoms with Gasteiger partial charge in [0.1, 0.15) is 0 Å². The highest BCUT2D eigenvalue weighted by molar-refractivity contribution is 7.68. The largest absolute Gasteiger partial charge is 0.281 e. The van der Waals surface area contributed by atoms with Gasteiger partial charge in [0.15, 0.2) is 5.44 Å². The zero-order valence-electron chi connectivity index (χ0n) is 15.7. The highest BCUT2D eigenvalue weighted by atomic mass is 31.1. The lowest BCUT2D eigenvalue weighted by molar-refractivity contribution is 0.713. The van der Waals surface area contributed by atoms with Gasteiger partial charge >= 0.3 is 0 Å². The highest BCUT2D eigenvalue weighted by Gasteiger charge is 2.46.